The molecule has 1 aliphatic rings. The fraction of sp³-hybridized carbons (Fsp3) is 0.643. The highest BCUT2D eigenvalue weighted by atomic mass is 16.5. The third-order valence-corrected chi connectivity index (χ3v) is 3.83. The van der Waals surface area contributed by atoms with Crippen molar-refractivity contribution in [2.75, 3.05) is 6.54 Å². The molecule has 1 atom stereocenters. The van der Waals surface area contributed by atoms with E-state index in [0.29, 0.717) is 5.89 Å². The Bertz CT molecular complexity index is 566. The van der Waals surface area contributed by atoms with Crippen LogP contribution in [0.15, 0.2) is 10.6 Å². The van der Waals surface area contributed by atoms with E-state index in [2.05, 4.69) is 27.5 Å². The van der Waals surface area contributed by atoms with Gasteiger partial charge < -0.3 is 9.84 Å². The second-order valence-electron chi connectivity index (χ2n) is 5.31. The van der Waals surface area contributed by atoms with Gasteiger partial charge in [-0.3, -0.25) is 4.68 Å². The predicted octanol–water partition coefficient (Wildman–Crippen LogP) is 2.24. The van der Waals surface area contributed by atoms with E-state index < -0.39 is 0 Å². The van der Waals surface area contributed by atoms with Crippen molar-refractivity contribution in [2.24, 2.45) is 7.05 Å². The number of rotatable bonds is 3. The SMILES string of the molecule is CCc1cc(-c2nc(C3CCCCCN3)no2)n(C)n1. The van der Waals surface area contributed by atoms with Crippen molar-refractivity contribution in [3.05, 3.63) is 17.6 Å². The molecule has 1 unspecified atom stereocenters. The molecule has 0 spiro atoms. The molecule has 6 heteroatoms. The molecular formula is C14H21N5O. The Morgan fingerprint density at radius 3 is 3.10 bits per heavy atom. The molecule has 20 heavy (non-hydrogen) atoms. The monoisotopic (exact) mass is 275 g/mol. The van der Waals surface area contributed by atoms with E-state index in [4.69, 9.17) is 4.52 Å². The lowest BCUT2D eigenvalue weighted by atomic mass is 10.1. The molecule has 1 aliphatic heterocycles. The summed E-state index contributed by atoms with van der Waals surface area (Å²) >= 11 is 0. The molecule has 1 fully saturated rings. The maximum absolute atomic E-state index is 5.42. The van der Waals surface area contributed by atoms with Gasteiger partial charge in [-0.1, -0.05) is 24.9 Å². The van der Waals surface area contributed by atoms with Crippen LogP contribution in [0.3, 0.4) is 0 Å². The summed E-state index contributed by atoms with van der Waals surface area (Å²) in [5.41, 5.74) is 1.92. The van der Waals surface area contributed by atoms with Crippen LogP contribution in [0.5, 0.6) is 0 Å². The maximum Gasteiger partial charge on any atom is 0.276 e. The lowest BCUT2D eigenvalue weighted by Crippen LogP contribution is -2.21. The van der Waals surface area contributed by atoms with Crippen molar-refractivity contribution in [1.29, 1.82) is 0 Å². The zero-order valence-electron chi connectivity index (χ0n) is 12.1. The van der Waals surface area contributed by atoms with Crippen LogP contribution in [0.4, 0.5) is 0 Å². The van der Waals surface area contributed by atoms with Crippen LogP contribution in [-0.4, -0.2) is 26.5 Å². The largest absolute Gasteiger partial charge is 0.332 e. The Hall–Kier alpha value is -1.69. The minimum Gasteiger partial charge on any atom is -0.332 e. The summed E-state index contributed by atoms with van der Waals surface area (Å²) in [6.07, 6.45) is 5.69. The van der Waals surface area contributed by atoms with Crippen molar-refractivity contribution in [3.8, 4) is 11.6 Å². The van der Waals surface area contributed by atoms with Crippen molar-refractivity contribution in [2.45, 2.75) is 45.1 Å². The first-order valence-corrected chi connectivity index (χ1v) is 7.38. The Morgan fingerprint density at radius 1 is 1.40 bits per heavy atom. The normalized spacial score (nSPS) is 20.0. The number of nitrogens with one attached hydrogen (secondary N) is 1. The molecular weight excluding hydrogens is 254 g/mol. The van der Waals surface area contributed by atoms with Crippen LogP contribution >= 0.6 is 0 Å². The van der Waals surface area contributed by atoms with Gasteiger partial charge in [0.15, 0.2) is 5.82 Å². The first kappa shape index (κ1) is 13.3. The molecule has 3 heterocycles. The molecule has 6 nitrogen and oxygen atoms in total. The van der Waals surface area contributed by atoms with Gasteiger partial charge in [0.2, 0.25) is 0 Å². The van der Waals surface area contributed by atoms with Crippen LogP contribution in [-0.2, 0) is 13.5 Å². The number of aryl methyl sites for hydroxylation is 2. The van der Waals surface area contributed by atoms with Gasteiger partial charge in [0, 0.05) is 7.05 Å². The average molecular weight is 275 g/mol. The average Bonchev–Trinajstić information content (AvgIpc) is 2.97. The van der Waals surface area contributed by atoms with E-state index in [1.807, 2.05) is 13.1 Å². The van der Waals surface area contributed by atoms with Crippen molar-refractivity contribution >= 4 is 0 Å². The molecule has 108 valence electrons. The molecule has 0 bridgehead atoms. The molecule has 0 aliphatic carbocycles. The Morgan fingerprint density at radius 2 is 2.30 bits per heavy atom. The fourth-order valence-electron chi connectivity index (χ4n) is 2.63. The number of aromatic nitrogens is 4. The lowest BCUT2D eigenvalue weighted by molar-refractivity contribution is 0.400. The van der Waals surface area contributed by atoms with E-state index in [0.717, 1.165) is 36.6 Å². The van der Waals surface area contributed by atoms with Crippen molar-refractivity contribution in [1.82, 2.24) is 25.2 Å². The van der Waals surface area contributed by atoms with Gasteiger partial charge in [-0.15, -0.1) is 0 Å². The van der Waals surface area contributed by atoms with E-state index in [9.17, 15) is 0 Å². The first-order valence-electron chi connectivity index (χ1n) is 7.38. The summed E-state index contributed by atoms with van der Waals surface area (Å²) in [4.78, 5) is 4.55. The van der Waals surface area contributed by atoms with E-state index in [1.165, 1.54) is 19.3 Å². The Balaban J connectivity index is 1.83. The van der Waals surface area contributed by atoms with Gasteiger partial charge in [0.05, 0.1) is 11.7 Å². The van der Waals surface area contributed by atoms with E-state index in [1.54, 1.807) is 4.68 Å². The Labute approximate surface area is 118 Å². The topological polar surface area (TPSA) is 68.8 Å². The smallest absolute Gasteiger partial charge is 0.276 e. The van der Waals surface area contributed by atoms with Gasteiger partial charge in [0.25, 0.3) is 5.89 Å². The molecule has 1 saturated heterocycles. The lowest BCUT2D eigenvalue weighted by Gasteiger charge is -2.09. The standard InChI is InChI=1S/C14H21N5O/c1-3-10-9-12(19(2)17-10)14-16-13(18-20-14)11-7-5-4-6-8-15-11/h9,11,15H,3-8H2,1-2H3. The second kappa shape index (κ2) is 5.75. The van der Waals surface area contributed by atoms with Gasteiger partial charge >= 0.3 is 0 Å². The fourth-order valence-corrected chi connectivity index (χ4v) is 2.63. The number of hydrogen-bond donors (Lipinski definition) is 1. The summed E-state index contributed by atoms with van der Waals surface area (Å²) < 4.78 is 7.22. The summed E-state index contributed by atoms with van der Waals surface area (Å²) in [6, 6.07) is 2.23. The number of nitrogens with zero attached hydrogens (tertiary/aromatic N) is 4. The van der Waals surface area contributed by atoms with Crippen molar-refractivity contribution < 1.29 is 4.52 Å². The van der Waals surface area contributed by atoms with E-state index in [-0.39, 0.29) is 6.04 Å². The molecule has 1 N–H and O–H groups in total. The molecule has 0 saturated carbocycles. The summed E-state index contributed by atoms with van der Waals surface area (Å²) in [5, 5.41) is 12.0. The zero-order valence-corrected chi connectivity index (χ0v) is 12.1. The second-order valence-corrected chi connectivity index (χ2v) is 5.31. The van der Waals surface area contributed by atoms with Gasteiger partial charge in [-0.05, 0) is 31.9 Å². The highest BCUT2D eigenvalue weighted by Gasteiger charge is 2.21. The molecule has 2 aromatic rings. The quantitative estimate of drug-likeness (QED) is 0.930. The summed E-state index contributed by atoms with van der Waals surface area (Å²) in [6.45, 7) is 3.11. The summed E-state index contributed by atoms with van der Waals surface area (Å²) in [5.74, 6) is 1.32. The van der Waals surface area contributed by atoms with Crippen LogP contribution in [0.2, 0.25) is 0 Å². The molecule has 0 radical (unpaired) electrons. The van der Waals surface area contributed by atoms with Gasteiger partial charge in [0.1, 0.15) is 5.69 Å². The highest BCUT2D eigenvalue weighted by Crippen LogP contribution is 2.24. The van der Waals surface area contributed by atoms with Crippen LogP contribution in [0, 0.1) is 0 Å². The molecule has 3 rings (SSSR count). The van der Waals surface area contributed by atoms with Crippen molar-refractivity contribution in [3.63, 3.8) is 0 Å². The van der Waals surface area contributed by atoms with Crippen LogP contribution in [0.1, 0.15) is 50.2 Å². The predicted molar refractivity (Wildman–Crippen MR) is 75.1 cm³/mol. The molecule has 0 aromatic carbocycles. The minimum atomic E-state index is 0.217. The number of hydrogen-bond acceptors (Lipinski definition) is 5. The summed E-state index contributed by atoms with van der Waals surface area (Å²) in [7, 11) is 1.91. The van der Waals surface area contributed by atoms with Gasteiger partial charge in [-0.25, -0.2) is 0 Å². The first-order chi connectivity index (χ1) is 9.78. The highest BCUT2D eigenvalue weighted by molar-refractivity contribution is 5.47. The molecule has 0 amide bonds. The zero-order chi connectivity index (χ0) is 13.9. The van der Waals surface area contributed by atoms with Crippen LogP contribution < -0.4 is 5.32 Å². The van der Waals surface area contributed by atoms with Crippen LogP contribution in [0.25, 0.3) is 11.6 Å². The molecule has 2 aromatic heterocycles. The third-order valence-electron chi connectivity index (χ3n) is 3.83. The minimum absolute atomic E-state index is 0.217. The maximum atomic E-state index is 5.42. The van der Waals surface area contributed by atoms with E-state index >= 15 is 0 Å². The van der Waals surface area contributed by atoms with Gasteiger partial charge in [-0.2, -0.15) is 10.1 Å². The Kier molecular flexibility index (Phi) is 3.82. The third kappa shape index (κ3) is 2.60.